The summed E-state index contributed by atoms with van der Waals surface area (Å²) in [4.78, 5) is 12.6. The number of rotatable bonds is 9. The van der Waals surface area contributed by atoms with Crippen molar-refractivity contribution in [1.82, 2.24) is 20.2 Å². The molecule has 1 N–H and O–H groups in total. The predicted octanol–water partition coefficient (Wildman–Crippen LogP) is 6.54. The number of amides is 1. The maximum atomic E-state index is 12.6. The fraction of sp³-hybridized carbons (Fsp3) is 0.226. The van der Waals surface area contributed by atoms with Gasteiger partial charge in [0.05, 0.1) is 19.1 Å². The molecule has 0 saturated carbocycles. The van der Waals surface area contributed by atoms with Crippen LogP contribution in [0.4, 0.5) is 0 Å². The summed E-state index contributed by atoms with van der Waals surface area (Å²) in [5, 5.41) is 13.6. The van der Waals surface area contributed by atoms with Gasteiger partial charge in [-0.15, -0.1) is 10.2 Å². The molecule has 7 nitrogen and oxygen atoms in total. The zero-order valence-corrected chi connectivity index (χ0v) is 23.7. The number of allylic oxidation sites excluding steroid dienone is 1. The second-order valence-corrected chi connectivity index (χ2v) is 11.0. The van der Waals surface area contributed by atoms with Gasteiger partial charge in [-0.3, -0.25) is 9.36 Å². The van der Waals surface area contributed by atoms with E-state index in [4.69, 9.17) is 4.74 Å². The summed E-state index contributed by atoms with van der Waals surface area (Å²) in [7, 11) is 1.64. The molecule has 3 aromatic carbocycles. The molecular weight excluding hydrogens is 506 g/mol. The molecule has 0 radical (unpaired) electrons. The number of ether oxygens (including phenoxy) is 1. The Hall–Kier alpha value is -4.17. The van der Waals surface area contributed by atoms with E-state index in [0.29, 0.717) is 11.0 Å². The number of hydrogen-bond donors (Lipinski definition) is 1. The molecule has 0 aliphatic heterocycles. The first-order valence-electron chi connectivity index (χ1n) is 12.6. The van der Waals surface area contributed by atoms with E-state index in [1.807, 2.05) is 72.2 Å². The van der Waals surface area contributed by atoms with Crippen LogP contribution in [0.5, 0.6) is 5.75 Å². The maximum absolute atomic E-state index is 12.6. The Morgan fingerprint density at radius 3 is 2.33 bits per heavy atom. The molecule has 0 unspecified atom stereocenters. The number of carbonyl (C=O) groups is 1. The molecule has 0 fully saturated rings. The summed E-state index contributed by atoms with van der Waals surface area (Å²) in [6.45, 7) is 8.50. The second-order valence-electron chi connectivity index (χ2n) is 10.0. The van der Waals surface area contributed by atoms with Crippen LogP contribution in [-0.4, -0.2) is 39.7 Å². The van der Waals surface area contributed by atoms with Gasteiger partial charge in [0.2, 0.25) is 0 Å². The second kappa shape index (κ2) is 12.6. The van der Waals surface area contributed by atoms with Gasteiger partial charge >= 0.3 is 0 Å². The van der Waals surface area contributed by atoms with Crippen LogP contribution in [0.3, 0.4) is 0 Å². The highest BCUT2D eigenvalue weighted by Gasteiger charge is 2.19. The van der Waals surface area contributed by atoms with Gasteiger partial charge in [-0.2, -0.15) is 5.10 Å². The van der Waals surface area contributed by atoms with Crippen LogP contribution in [0.15, 0.2) is 94.7 Å². The number of nitrogens with one attached hydrogen (secondary N) is 1. The van der Waals surface area contributed by atoms with Crippen LogP contribution in [-0.2, 0) is 10.2 Å². The van der Waals surface area contributed by atoms with Gasteiger partial charge in [0.15, 0.2) is 11.0 Å². The van der Waals surface area contributed by atoms with Crippen molar-refractivity contribution in [2.45, 2.75) is 38.3 Å². The molecule has 0 saturated heterocycles. The summed E-state index contributed by atoms with van der Waals surface area (Å²) in [5.74, 6) is 1.36. The molecule has 1 amide bonds. The molecule has 0 spiro atoms. The van der Waals surface area contributed by atoms with Gasteiger partial charge in [-0.25, -0.2) is 5.43 Å². The van der Waals surface area contributed by atoms with Crippen molar-refractivity contribution in [2.24, 2.45) is 5.10 Å². The third-order valence-electron chi connectivity index (χ3n) is 5.96. The largest absolute Gasteiger partial charge is 0.497 e. The van der Waals surface area contributed by atoms with Gasteiger partial charge in [-0.05, 0) is 53.3 Å². The topological polar surface area (TPSA) is 81.4 Å². The van der Waals surface area contributed by atoms with Crippen molar-refractivity contribution in [3.05, 3.63) is 95.6 Å². The molecule has 1 aromatic heterocycles. The lowest BCUT2D eigenvalue weighted by Gasteiger charge is -2.19. The minimum atomic E-state index is -0.232. The molecule has 4 rings (SSSR count). The van der Waals surface area contributed by atoms with E-state index in [1.54, 1.807) is 13.3 Å². The molecule has 1 heterocycles. The number of nitrogens with zero attached hydrogens (tertiary/aromatic N) is 4. The number of benzene rings is 3. The van der Waals surface area contributed by atoms with E-state index in [9.17, 15) is 4.79 Å². The fourth-order valence-corrected chi connectivity index (χ4v) is 4.60. The molecule has 0 aliphatic carbocycles. The molecule has 0 aliphatic rings. The third kappa shape index (κ3) is 7.45. The molecule has 8 heteroatoms. The maximum Gasteiger partial charge on any atom is 0.250 e. The number of thioether (sulfide) groups is 1. The third-order valence-corrected chi connectivity index (χ3v) is 6.89. The lowest BCUT2D eigenvalue weighted by molar-refractivity contribution is -0.118. The average molecular weight is 540 g/mol. The van der Waals surface area contributed by atoms with Crippen LogP contribution in [0.25, 0.3) is 23.2 Å². The number of hydrazone groups is 1. The monoisotopic (exact) mass is 539 g/mol. The summed E-state index contributed by atoms with van der Waals surface area (Å²) in [6, 6.07) is 26.0. The molecule has 0 bridgehead atoms. The number of methoxy groups -OCH3 is 1. The van der Waals surface area contributed by atoms with Crippen LogP contribution in [0.1, 0.15) is 38.8 Å². The van der Waals surface area contributed by atoms with Crippen molar-refractivity contribution in [3.63, 3.8) is 0 Å². The average Bonchev–Trinajstić information content (AvgIpc) is 3.36. The van der Waals surface area contributed by atoms with Gasteiger partial charge in [0, 0.05) is 11.3 Å². The summed E-state index contributed by atoms with van der Waals surface area (Å²) in [5.41, 5.74) is 7.70. The van der Waals surface area contributed by atoms with Crippen molar-refractivity contribution < 1.29 is 9.53 Å². The lowest BCUT2D eigenvalue weighted by atomic mass is 9.87. The van der Waals surface area contributed by atoms with Crippen LogP contribution < -0.4 is 10.2 Å². The zero-order valence-electron chi connectivity index (χ0n) is 22.9. The molecular formula is C31H33N5O2S. The van der Waals surface area contributed by atoms with Crippen LogP contribution in [0, 0.1) is 0 Å². The fourth-order valence-electron chi connectivity index (χ4n) is 3.85. The van der Waals surface area contributed by atoms with Crippen LogP contribution >= 0.6 is 11.8 Å². The summed E-state index contributed by atoms with van der Waals surface area (Å²) < 4.78 is 7.28. The standard InChI is InChI=1S/C31H33N5O2S/c1-22(19-23-9-7-6-8-10-23)20-32-33-28(37)21-39-30-35-34-29(24-11-13-25(14-12-24)31(2,3)4)36(30)26-15-17-27(38-5)18-16-26/h6-20H,21H2,1-5H3,(H,33,37)/b22-19+,32-20+. The van der Waals surface area contributed by atoms with E-state index in [0.717, 1.165) is 28.1 Å². The van der Waals surface area contributed by atoms with Gasteiger partial charge < -0.3 is 4.74 Å². The number of hydrogen-bond acceptors (Lipinski definition) is 6. The van der Waals surface area contributed by atoms with Gasteiger partial charge in [0.25, 0.3) is 5.91 Å². The first kappa shape index (κ1) is 27.9. The zero-order chi connectivity index (χ0) is 27.8. The normalized spacial score (nSPS) is 12.1. The van der Waals surface area contributed by atoms with E-state index in [-0.39, 0.29) is 17.1 Å². The van der Waals surface area contributed by atoms with Gasteiger partial charge in [0.1, 0.15) is 5.75 Å². The van der Waals surface area contributed by atoms with E-state index < -0.39 is 0 Å². The molecule has 39 heavy (non-hydrogen) atoms. The first-order valence-corrected chi connectivity index (χ1v) is 13.6. The highest BCUT2D eigenvalue weighted by Crippen LogP contribution is 2.30. The van der Waals surface area contributed by atoms with Crippen LogP contribution in [0.2, 0.25) is 0 Å². The Kier molecular flexibility index (Phi) is 8.99. The highest BCUT2D eigenvalue weighted by atomic mass is 32.2. The quantitative estimate of drug-likeness (QED) is 0.148. The van der Waals surface area contributed by atoms with Crippen molar-refractivity contribution in [2.75, 3.05) is 12.9 Å². The SMILES string of the molecule is COc1ccc(-n2c(SCC(=O)N/N=C/C(C)=C/c3ccccc3)nnc2-c2ccc(C(C)(C)C)cc2)cc1. The number of carbonyl (C=O) groups excluding carboxylic acids is 1. The Balaban J connectivity index is 1.51. The Morgan fingerprint density at radius 2 is 1.69 bits per heavy atom. The molecule has 4 aromatic rings. The van der Waals surface area contributed by atoms with Gasteiger partial charge in [-0.1, -0.05) is 93.2 Å². The highest BCUT2D eigenvalue weighted by molar-refractivity contribution is 7.99. The first-order chi connectivity index (χ1) is 18.7. The van der Waals surface area contributed by atoms with Crippen molar-refractivity contribution in [3.8, 4) is 22.8 Å². The van der Waals surface area contributed by atoms with Crippen molar-refractivity contribution >= 4 is 30.0 Å². The summed E-state index contributed by atoms with van der Waals surface area (Å²) in [6.07, 6.45) is 3.63. The smallest absolute Gasteiger partial charge is 0.250 e. The Labute approximate surface area is 234 Å². The van der Waals surface area contributed by atoms with Crippen molar-refractivity contribution in [1.29, 1.82) is 0 Å². The minimum absolute atomic E-state index is 0.0505. The Bertz CT molecular complexity index is 1450. The summed E-state index contributed by atoms with van der Waals surface area (Å²) >= 11 is 1.30. The lowest BCUT2D eigenvalue weighted by Crippen LogP contribution is -2.20. The van der Waals surface area contributed by atoms with E-state index >= 15 is 0 Å². The van der Waals surface area contributed by atoms with E-state index in [2.05, 4.69) is 65.8 Å². The minimum Gasteiger partial charge on any atom is -0.497 e. The predicted molar refractivity (Wildman–Crippen MR) is 159 cm³/mol. The Morgan fingerprint density at radius 1 is 1.00 bits per heavy atom. The van der Waals surface area contributed by atoms with E-state index in [1.165, 1.54) is 17.3 Å². The number of aromatic nitrogens is 3. The molecule has 0 atom stereocenters. The molecule has 200 valence electrons.